The average molecular weight is 211 g/mol. The Balaban J connectivity index is 2.28. The number of nitrogens with two attached hydrogens (primary N) is 1. The first kappa shape index (κ1) is 9.05. The molecule has 0 fully saturated rings. The molecule has 2 aromatic rings. The zero-order valence-electron chi connectivity index (χ0n) is 7.23. The van der Waals surface area contributed by atoms with Gasteiger partial charge in [-0.25, -0.2) is 4.63 Å². The molecule has 10 nitrogen and oxygen atoms in total. The first-order valence-corrected chi connectivity index (χ1v) is 3.75. The summed E-state index contributed by atoms with van der Waals surface area (Å²) in [6.45, 7) is -0.391. The van der Waals surface area contributed by atoms with Gasteiger partial charge in [0.15, 0.2) is 18.1 Å². The molecule has 2 rings (SSSR count). The lowest BCUT2D eigenvalue weighted by molar-refractivity contribution is -0.138. The maximum atomic E-state index is 10.3. The zero-order valence-corrected chi connectivity index (χ0v) is 7.23. The molecule has 0 saturated heterocycles. The Morgan fingerprint density at radius 1 is 1.53 bits per heavy atom. The first-order valence-electron chi connectivity index (χ1n) is 3.75. The van der Waals surface area contributed by atoms with Crippen LogP contribution in [-0.4, -0.2) is 41.6 Å². The fraction of sp³-hybridized carbons (Fsp3) is 0.200. The van der Waals surface area contributed by atoms with Gasteiger partial charge in [0.05, 0.1) is 0 Å². The number of hydrogen-bond donors (Lipinski definition) is 2. The van der Waals surface area contributed by atoms with E-state index in [9.17, 15) is 4.79 Å². The lowest BCUT2D eigenvalue weighted by Gasteiger charge is -1.89. The van der Waals surface area contributed by atoms with Gasteiger partial charge in [0.25, 0.3) is 0 Å². The van der Waals surface area contributed by atoms with Crippen LogP contribution in [-0.2, 0) is 11.3 Å². The Morgan fingerprint density at radius 3 is 2.93 bits per heavy atom. The number of carboxylic acids is 1. The number of nitrogens with zero attached hydrogens (tertiary/aromatic N) is 6. The molecule has 0 radical (unpaired) electrons. The van der Waals surface area contributed by atoms with E-state index in [2.05, 4.69) is 30.4 Å². The van der Waals surface area contributed by atoms with E-state index >= 15 is 0 Å². The molecule has 0 bridgehead atoms. The number of carboxylic acid groups (broad SMARTS) is 1. The highest BCUT2D eigenvalue weighted by Gasteiger charge is 2.15. The summed E-state index contributed by atoms with van der Waals surface area (Å²) in [5, 5.41) is 26.0. The van der Waals surface area contributed by atoms with Crippen LogP contribution < -0.4 is 5.73 Å². The molecule has 0 amide bonds. The monoisotopic (exact) mass is 211 g/mol. The van der Waals surface area contributed by atoms with E-state index in [-0.39, 0.29) is 17.3 Å². The van der Waals surface area contributed by atoms with Gasteiger partial charge in [-0.15, -0.1) is 10.2 Å². The smallest absolute Gasteiger partial charge is 0.327 e. The van der Waals surface area contributed by atoms with Gasteiger partial charge in [0.1, 0.15) is 0 Å². The Hall–Kier alpha value is -2.52. The first-order chi connectivity index (χ1) is 7.16. The topological polar surface area (TPSA) is 146 Å². The van der Waals surface area contributed by atoms with Gasteiger partial charge in [0, 0.05) is 0 Å². The molecule has 2 heterocycles. The highest BCUT2D eigenvalue weighted by molar-refractivity contribution is 5.66. The Kier molecular flexibility index (Phi) is 2.00. The molecule has 0 unspecified atom stereocenters. The maximum Gasteiger partial charge on any atom is 0.327 e. The fourth-order valence-electron chi connectivity index (χ4n) is 0.877. The molecular weight excluding hydrogens is 206 g/mol. The minimum Gasteiger partial charge on any atom is -0.480 e. The predicted molar refractivity (Wildman–Crippen MR) is 43.2 cm³/mol. The summed E-state index contributed by atoms with van der Waals surface area (Å²) in [5.74, 6) is -0.995. The highest BCUT2D eigenvalue weighted by Crippen LogP contribution is 2.15. The number of aliphatic carboxylic acids is 1. The molecule has 0 atom stereocenters. The molecule has 0 saturated carbocycles. The van der Waals surface area contributed by atoms with Crippen LogP contribution in [0.1, 0.15) is 0 Å². The van der Waals surface area contributed by atoms with Crippen LogP contribution in [0.4, 0.5) is 5.82 Å². The molecule has 0 aliphatic carbocycles. The largest absolute Gasteiger partial charge is 0.480 e. The molecule has 0 aliphatic heterocycles. The third kappa shape index (κ3) is 1.72. The summed E-state index contributed by atoms with van der Waals surface area (Å²) in [7, 11) is 0. The van der Waals surface area contributed by atoms with Gasteiger partial charge in [0.2, 0.25) is 5.82 Å². The number of carbonyl (C=O) groups is 1. The number of nitrogen functional groups attached to an aromatic ring is 1. The highest BCUT2D eigenvalue weighted by atomic mass is 16.6. The second-order valence-corrected chi connectivity index (χ2v) is 2.54. The Bertz CT molecular complexity index is 488. The molecule has 0 spiro atoms. The number of tetrazole rings is 1. The maximum absolute atomic E-state index is 10.3. The van der Waals surface area contributed by atoms with Crippen LogP contribution in [0.3, 0.4) is 0 Å². The second-order valence-electron chi connectivity index (χ2n) is 2.54. The summed E-state index contributed by atoms with van der Waals surface area (Å²) >= 11 is 0. The van der Waals surface area contributed by atoms with Crippen molar-refractivity contribution in [2.75, 3.05) is 5.73 Å². The predicted octanol–water partition coefficient (Wildman–Crippen LogP) is -1.61. The minimum absolute atomic E-state index is 0.0184. The van der Waals surface area contributed by atoms with Crippen LogP contribution in [0.5, 0.6) is 0 Å². The van der Waals surface area contributed by atoms with Crippen molar-refractivity contribution in [3.05, 3.63) is 0 Å². The molecular formula is C5H5N7O3. The van der Waals surface area contributed by atoms with Crippen molar-refractivity contribution in [2.45, 2.75) is 6.54 Å². The van der Waals surface area contributed by atoms with Crippen LogP contribution in [0, 0.1) is 0 Å². The van der Waals surface area contributed by atoms with E-state index in [4.69, 9.17) is 10.8 Å². The van der Waals surface area contributed by atoms with Gasteiger partial charge >= 0.3 is 5.97 Å². The van der Waals surface area contributed by atoms with E-state index < -0.39 is 12.5 Å². The van der Waals surface area contributed by atoms with E-state index in [0.717, 1.165) is 4.80 Å². The van der Waals surface area contributed by atoms with Crippen molar-refractivity contribution in [2.24, 2.45) is 0 Å². The quantitative estimate of drug-likeness (QED) is 0.611. The van der Waals surface area contributed by atoms with Gasteiger partial charge in [-0.05, 0) is 15.5 Å². The van der Waals surface area contributed by atoms with Gasteiger partial charge < -0.3 is 10.8 Å². The molecule has 2 aromatic heterocycles. The summed E-state index contributed by atoms with van der Waals surface area (Å²) in [4.78, 5) is 11.2. The Morgan fingerprint density at radius 2 is 2.33 bits per heavy atom. The molecule has 0 aliphatic rings. The molecule has 78 valence electrons. The normalized spacial score (nSPS) is 10.4. The zero-order chi connectivity index (χ0) is 10.8. The summed E-state index contributed by atoms with van der Waals surface area (Å²) in [6.07, 6.45) is 0. The van der Waals surface area contributed by atoms with Crippen molar-refractivity contribution in [1.82, 2.24) is 30.5 Å². The van der Waals surface area contributed by atoms with Crippen LogP contribution in [0.15, 0.2) is 4.63 Å². The lowest BCUT2D eigenvalue weighted by Crippen LogP contribution is -2.11. The van der Waals surface area contributed by atoms with Gasteiger partial charge in [-0.2, -0.15) is 4.80 Å². The number of aromatic nitrogens is 6. The molecule has 10 heteroatoms. The van der Waals surface area contributed by atoms with Gasteiger partial charge in [-0.3, -0.25) is 4.79 Å². The van der Waals surface area contributed by atoms with Crippen LogP contribution >= 0.6 is 0 Å². The number of anilines is 1. The molecule has 0 aromatic carbocycles. The number of rotatable bonds is 3. The van der Waals surface area contributed by atoms with Crippen molar-refractivity contribution >= 4 is 11.8 Å². The third-order valence-electron chi connectivity index (χ3n) is 1.46. The third-order valence-corrected chi connectivity index (χ3v) is 1.46. The average Bonchev–Trinajstić information content (AvgIpc) is 2.72. The summed E-state index contributed by atoms with van der Waals surface area (Å²) < 4.78 is 4.33. The van der Waals surface area contributed by atoms with Crippen molar-refractivity contribution in [3.8, 4) is 11.5 Å². The van der Waals surface area contributed by atoms with Gasteiger partial charge in [-0.1, -0.05) is 0 Å². The van der Waals surface area contributed by atoms with E-state index in [1.165, 1.54) is 0 Å². The van der Waals surface area contributed by atoms with Crippen LogP contribution in [0.25, 0.3) is 11.5 Å². The minimum atomic E-state index is -1.08. The van der Waals surface area contributed by atoms with Crippen LogP contribution in [0.2, 0.25) is 0 Å². The van der Waals surface area contributed by atoms with Crippen molar-refractivity contribution in [1.29, 1.82) is 0 Å². The Labute approximate surface area is 81.6 Å². The summed E-state index contributed by atoms with van der Waals surface area (Å²) in [6, 6.07) is 0. The van der Waals surface area contributed by atoms with E-state index in [1.807, 2.05) is 0 Å². The second kappa shape index (κ2) is 3.32. The fourth-order valence-corrected chi connectivity index (χ4v) is 0.877. The molecule has 15 heavy (non-hydrogen) atoms. The van der Waals surface area contributed by atoms with E-state index in [1.54, 1.807) is 0 Å². The number of hydrogen-bond acceptors (Lipinski definition) is 8. The van der Waals surface area contributed by atoms with E-state index in [0.29, 0.717) is 0 Å². The SMILES string of the molecule is Nc1nonc1-c1nnn(CC(=O)O)n1. The standard InChI is InChI=1S/C5H5N7O3/c6-4-3(9-15-10-4)5-7-11-12(8-5)1-2(13)14/h1H2,(H2,6,10)(H,13,14). The molecule has 3 N–H and O–H groups in total. The van der Waals surface area contributed by atoms with Crippen molar-refractivity contribution in [3.63, 3.8) is 0 Å². The summed E-state index contributed by atoms with van der Waals surface area (Å²) in [5.41, 5.74) is 5.51. The lowest BCUT2D eigenvalue weighted by atomic mass is 10.4. The van der Waals surface area contributed by atoms with Crippen molar-refractivity contribution < 1.29 is 14.5 Å².